The van der Waals surface area contributed by atoms with Crippen molar-refractivity contribution in [3.8, 4) is 0 Å². The van der Waals surface area contributed by atoms with Crippen molar-refractivity contribution >= 4 is 22.4 Å². The molecule has 5 nitrogen and oxygen atoms in total. The lowest BCUT2D eigenvalue weighted by Crippen LogP contribution is -2.43. The van der Waals surface area contributed by atoms with Gasteiger partial charge >= 0.3 is 0 Å². The number of carbonyl (C=O) groups is 1. The molecule has 1 aliphatic heterocycles. The van der Waals surface area contributed by atoms with Crippen molar-refractivity contribution in [1.29, 1.82) is 0 Å². The third-order valence-corrected chi connectivity index (χ3v) is 4.28. The van der Waals surface area contributed by atoms with E-state index in [-0.39, 0.29) is 11.3 Å². The van der Waals surface area contributed by atoms with E-state index in [0.29, 0.717) is 17.7 Å². The number of nitrogens with zero attached hydrogens (tertiary/aromatic N) is 2. The van der Waals surface area contributed by atoms with Gasteiger partial charge in [0.05, 0.1) is 12.2 Å². The smallest absolute Gasteiger partial charge is 0.240 e. The number of nitrogens with two attached hydrogens (primary N) is 1. The van der Waals surface area contributed by atoms with Gasteiger partial charge in [-0.15, -0.1) is 11.3 Å². The molecule has 2 heterocycles. The lowest BCUT2D eigenvalue weighted by molar-refractivity contribution is -0.117. The maximum absolute atomic E-state index is 12.0. The fourth-order valence-electron chi connectivity index (χ4n) is 2.15. The van der Waals surface area contributed by atoms with Gasteiger partial charge in [0.15, 0.2) is 5.13 Å². The number of anilines is 1. The van der Waals surface area contributed by atoms with Gasteiger partial charge in [-0.05, 0) is 12.8 Å². The minimum atomic E-state index is 0.00952. The normalized spacial score (nSPS) is 18.2. The molecule has 3 N–H and O–H groups in total. The number of carbonyl (C=O) groups excluding carboxylic acids is 1. The Kier molecular flexibility index (Phi) is 4.78. The average molecular weight is 296 g/mol. The molecule has 1 aromatic heterocycles. The molecule has 0 aliphatic carbocycles. The first-order chi connectivity index (χ1) is 9.34. The molecule has 112 valence electrons. The van der Waals surface area contributed by atoms with Gasteiger partial charge in [0.2, 0.25) is 5.91 Å². The van der Waals surface area contributed by atoms with Crippen LogP contribution in [0.15, 0.2) is 5.38 Å². The topological polar surface area (TPSA) is 71.2 Å². The number of aromatic nitrogens is 1. The number of hydrogen-bond acceptors (Lipinski definition) is 5. The largest absolute Gasteiger partial charge is 0.328 e. The van der Waals surface area contributed by atoms with Gasteiger partial charge in [0.1, 0.15) is 0 Å². The van der Waals surface area contributed by atoms with Crippen molar-refractivity contribution in [2.75, 3.05) is 25.0 Å². The predicted octanol–water partition coefficient (Wildman–Crippen LogP) is 1.80. The third-order valence-electron chi connectivity index (χ3n) is 3.52. The minimum absolute atomic E-state index is 0.00952. The summed E-state index contributed by atoms with van der Waals surface area (Å²) >= 11 is 1.49. The van der Waals surface area contributed by atoms with Crippen molar-refractivity contribution < 1.29 is 4.79 Å². The molecule has 1 amide bonds. The first-order valence-corrected chi connectivity index (χ1v) is 7.96. The number of amides is 1. The van der Waals surface area contributed by atoms with Crippen LogP contribution in [-0.2, 0) is 10.2 Å². The SMILES string of the molecule is CC(C)(C)c1csc(NC(=O)CN2CCC(N)CC2)n1. The van der Waals surface area contributed by atoms with Gasteiger partial charge in [-0.1, -0.05) is 20.8 Å². The van der Waals surface area contributed by atoms with Crippen LogP contribution in [0.5, 0.6) is 0 Å². The van der Waals surface area contributed by atoms with Crippen LogP contribution in [-0.4, -0.2) is 41.5 Å². The average Bonchev–Trinajstić information content (AvgIpc) is 2.80. The number of likely N-dealkylation sites (tertiary alicyclic amines) is 1. The van der Waals surface area contributed by atoms with Gasteiger partial charge < -0.3 is 11.1 Å². The summed E-state index contributed by atoms with van der Waals surface area (Å²) in [5.41, 5.74) is 6.89. The lowest BCUT2D eigenvalue weighted by Gasteiger charge is -2.29. The van der Waals surface area contributed by atoms with E-state index in [0.717, 1.165) is 31.6 Å². The summed E-state index contributed by atoms with van der Waals surface area (Å²) in [6.07, 6.45) is 1.94. The Bertz CT molecular complexity index is 458. The Hall–Kier alpha value is -0.980. The number of piperidine rings is 1. The van der Waals surface area contributed by atoms with Gasteiger partial charge in [0.25, 0.3) is 0 Å². The van der Waals surface area contributed by atoms with Crippen molar-refractivity contribution in [1.82, 2.24) is 9.88 Å². The van der Waals surface area contributed by atoms with Crippen LogP contribution in [0, 0.1) is 0 Å². The van der Waals surface area contributed by atoms with Crippen molar-refractivity contribution in [3.63, 3.8) is 0 Å². The molecule has 0 bridgehead atoms. The van der Waals surface area contributed by atoms with E-state index in [2.05, 4.69) is 36.0 Å². The highest BCUT2D eigenvalue weighted by molar-refractivity contribution is 7.13. The van der Waals surface area contributed by atoms with Crippen LogP contribution >= 0.6 is 11.3 Å². The fourth-order valence-corrected chi connectivity index (χ4v) is 3.10. The molecule has 0 saturated carbocycles. The van der Waals surface area contributed by atoms with Gasteiger partial charge in [-0.25, -0.2) is 4.98 Å². The summed E-state index contributed by atoms with van der Waals surface area (Å²) in [6.45, 7) is 8.58. The van der Waals surface area contributed by atoms with E-state index >= 15 is 0 Å². The second kappa shape index (κ2) is 6.20. The van der Waals surface area contributed by atoms with Crippen molar-refractivity contribution in [2.24, 2.45) is 5.73 Å². The van der Waals surface area contributed by atoms with Crippen molar-refractivity contribution in [3.05, 3.63) is 11.1 Å². The molecule has 0 spiro atoms. The fraction of sp³-hybridized carbons (Fsp3) is 0.714. The third kappa shape index (κ3) is 4.26. The second-order valence-corrected chi connectivity index (χ2v) is 7.31. The van der Waals surface area contributed by atoms with Crippen LogP contribution in [0.4, 0.5) is 5.13 Å². The molecule has 0 aromatic carbocycles. The standard InChI is InChI=1S/C14H24N4OS/c1-14(2,3)11-9-20-13(16-11)17-12(19)8-18-6-4-10(15)5-7-18/h9-10H,4-8,15H2,1-3H3,(H,16,17,19). The zero-order valence-electron chi connectivity index (χ0n) is 12.5. The summed E-state index contributed by atoms with van der Waals surface area (Å²) in [5.74, 6) is 0.00952. The second-order valence-electron chi connectivity index (χ2n) is 6.45. The van der Waals surface area contributed by atoms with E-state index < -0.39 is 0 Å². The molecule has 1 aliphatic rings. The van der Waals surface area contributed by atoms with E-state index in [1.165, 1.54) is 11.3 Å². The molecule has 2 rings (SSSR count). The Labute approximate surface area is 124 Å². The molecule has 0 atom stereocenters. The molecule has 20 heavy (non-hydrogen) atoms. The molecule has 1 saturated heterocycles. The van der Waals surface area contributed by atoms with Crippen LogP contribution < -0.4 is 11.1 Å². The number of hydrogen-bond donors (Lipinski definition) is 2. The highest BCUT2D eigenvalue weighted by Gasteiger charge is 2.20. The highest BCUT2D eigenvalue weighted by Crippen LogP contribution is 2.26. The molecule has 1 fully saturated rings. The monoisotopic (exact) mass is 296 g/mol. The van der Waals surface area contributed by atoms with Crippen LogP contribution in [0.25, 0.3) is 0 Å². The van der Waals surface area contributed by atoms with Gasteiger partial charge in [-0.2, -0.15) is 0 Å². The van der Waals surface area contributed by atoms with Gasteiger partial charge in [-0.3, -0.25) is 9.69 Å². The van der Waals surface area contributed by atoms with Crippen molar-refractivity contribution in [2.45, 2.75) is 45.1 Å². The summed E-state index contributed by atoms with van der Waals surface area (Å²) in [5, 5.41) is 5.59. The molecule has 0 unspecified atom stereocenters. The van der Waals surface area contributed by atoms with Crippen LogP contribution in [0.2, 0.25) is 0 Å². The van der Waals surface area contributed by atoms with Crippen LogP contribution in [0.1, 0.15) is 39.3 Å². The highest BCUT2D eigenvalue weighted by atomic mass is 32.1. The van der Waals surface area contributed by atoms with Crippen LogP contribution in [0.3, 0.4) is 0 Å². The summed E-state index contributed by atoms with van der Waals surface area (Å²) in [7, 11) is 0. The zero-order chi connectivity index (χ0) is 14.8. The maximum atomic E-state index is 12.0. The maximum Gasteiger partial charge on any atom is 0.240 e. The Morgan fingerprint density at radius 3 is 2.70 bits per heavy atom. The zero-order valence-corrected chi connectivity index (χ0v) is 13.3. The Morgan fingerprint density at radius 1 is 1.50 bits per heavy atom. The molecule has 1 aromatic rings. The van der Waals surface area contributed by atoms with Gasteiger partial charge in [0, 0.05) is 29.9 Å². The number of nitrogens with one attached hydrogen (secondary N) is 1. The van der Waals surface area contributed by atoms with E-state index in [4.69, 9.17) is 5.73 Å². The number of thiazole rings is 1. The van der Waals surface area contributed by atoms with E-state index in [1.54, 1.807) is 0 Å². The summed E-state index contributed by atoms with van der Waals surface area (Å²) < 4.78 is 0. The molecular formula is C14H24N4OS. The molecule has 6 heteroatoms. The molecular weight excluding hydrogens is 272 g/mol. The van der Waals surface area contributed by atoms with E-state index in [1.807, 2.05) is 5.38 Å². The first kappa shape index (κ1) is 15.4. The minimum Gasteiger partial charge on any atom is -0.328 e. The predicted molar refractivity (Wildman–Crippen MR) is 83.1 cm³/mol. The Balaban J connectivity index is 1.84. The summed E-state index contributed by atoms with van der Waals surface area (Å²) in [6, 6.07) is 0.294. The quantitative estimate of drug-likeness (QED) is 0.892. The van der Waals surface area contributed by atoms with E-state index in [9.17, 15) is 4.79 Å². The lowest BCUT2D eigenvalue weighted by atomic mass is 9.93. The summed E-state index contributed by atoms with van der Waals surface area (Å²) in [4.78, 5) is 18.6. The first-order valence-electron chi connectivity index (χ1n) is 7.08. The number of rotatable bonds is 3. The Morgan fingerprint density at radius 2 is 2.15 bits per heavy atom. The molecule has 0 radical (unpaired) electrons.